The summed E-state index contributed by atoms with van der Waals surface area (Å²) >= 11 is 0. The maximum atomic E-state index is 15.3. The zero-order chi connectivity index (χ0) is 40.5. The molecule has 304 valence electrons. The average molecular weight is 797 g/mol. The molecule has 4 aliphatic rings. The summed E-state index contributed by atoms with van der Waals surface area (Å²) in [7, 11) is 0.426. The van der Waals surface area contributed by atoms with E-state index in [9.17, 15) is 19.5 Å². The molecule has 0 saturated carbocycles. The number of hydrogen-bond acceptors (Lipinski definition) is 9. The third-order valence-corrected chi connectivity index (χ3v) is 17.3. The number of amides is 3. The number of nitrogens with one attached hydrogen (secondary N) is 2. The summed E-state index contributed by atoms with van der Waals surface area (Å²) in [6.07, 6.45) is 2.98. The van der Waals surface area contributed by atoms with Crippen molar-refractivity contribution in [1.82, 2.24) is 10.2 Å². The Morgan fingerprint density at radius 3 is 2.47 bits per heavy atom. The van der Waals surface area contributed by atoms with E-state index in [1.165, 1.54) is 7.11 Å². The molecule has 3 aromatic carbocycles. The molecule has 2 saturated heterocycles. The maximum absolute atomic E-state index is 15.3. The van der Waals surface area contributed by atoms with E-state index in [1.807, 2.05) is 48.5 Å². The van der Waals surface area contributed by atoms with Gasteiger partial charge in [-0.2, -0.15) is 0 Å². The number of esters is 1. The van der Waals surface area contributed by atoms with E-state index < -0.39 is 19.8 Å². The first-order valence-electron chi connectivity index (χ1n) is 20.3. The molecule has 1 spiro atoms. The van der Waals surface area contributed by atoms with Crippen molar-refractivity contribution in [3.8, 4) is 5.75 Å². The minimum absolute atomic E-state index is 0.0352. The number of benzene rings is 3. The van der Waals surface area contributed by atoms with E-state index in [4.69, 9.17) is 14.2 Å². The number of fused-ring (bicyclic) bond motifs is 3. The number of methoxy groups -OCH3 is 2. The lowest BCUT2D eigenvalue weighted by Crippen LogP contribution is -2.52. The van der Waals surface area contributed by atoms with Crippen molar-refractivity contribution >= 4 is 48.3 Å². The van der Waals surface area contributed by atoms with Crippen LogP contribution >= 0.6 is 0 Å². The highest BCUT2D eigenvalue weighted by molar-refractivity contribution is 6.91. The van der Waals surface area contributed by atoms with E-state index in [1.54, 1.807) is 16.9 Å². The van der Waals surface area contributed by atoms with Gasteiger partial charge in [-0.25, -0.2) is 0 Å². The van der Waals surface area contributed by atoms with Gasteiger partial charge >= 0.3 is 5.97 Å². The van der Waals surface area contributed by atoms with Crippen molar-refractivity contribution in [3.63, 3.8) is 0 Å². The van der Waals surface area contributed by atoms with Crippen molar-refractivity contribution in [2.24, 2.45) is 5.92 Å². The number of carbonyl (C=O) groups excluding carboxylic acids is 4. The molecule has 12 nitrogen and oxygen atoms in total. The van der Waals surface area contributed by atoms with E-state index in [2.05, 4.69) is 48.9 Å². The minimum atomic E-state index is -2.58. The second-order valence-corrected chi connectivity index (χ2v) is 21.2. The van der Waals surface area contributed by atoms with Gasteiger partial charge in [-0.05, 0) is 85.6 Å². The number of nitrogens with zero attached hydrogens (tertiary/aromatic N) is 2. The topological polar surface area (TPSA) is 147 Å². The monoisotopic (exact) mass is 796 g/mol. The molecule has 0 unspecified atom stereocenters. The van der Waals surface area contributed by atoms with Crippen LogP contribution in [0.3, 0.4) is 0 Å². The Morgan fingerprint density at radius 2 is 1.79 bits per heavy atom. The van der Waals surface area contributed by atoms with Crippen molar-refractivity contribution in [1.29, 1.82) is 0 Å². The van der Waals surface area contributed by atoms with Crippen LogP contribution in [0.1, 0.15) is 62.1 Å². The molecule has 3 N–H and O–H groups in total. The zero-order valence-electron chi connectivity index (χ0n) is 33.7. The van der Waals surface area contributed by atoms with Crippen LogP contribution in [0.5, 0.6) is 5.75 Å². The Hall–Kier alpha value is -4.56. The van der Waals surface area contributed by atoms with E-state index >= 15 is 4.79 Å². The summed E-state index contributed by atoms with van der Waals surface area (Å²) in [6, 6.07) is 21.1. The molecule has 0 aromatic heterocycles. The molecule has 0 bridgehead atoms. The molecule has 13 heteroatoms. The molecule has 3 amide bonds. The van der Waals surface area contributed by atoms with Gasteiger partial charge < -0.3 is 39.8 Å². The van der Waals surface area contributed by atoms with Gasteiger partial charge in [-0.1, -0.05) is 61.6 Å². The van der Waals surface area contributed by atoms with Gasteiger partial charge in [-0.3, -0.25) is 19.2 Å². The summed E-state index contributed by atoms with van der Waals surface area (Å²) in [5.41, 5.74) is 2.49. The second kappa shape index (κ2) is 16.7. The lowest BCUT2D eigenvalue weighted by Gasteiger charge is -2.39. The largest absolute Gasteiger partial charge is 0.497 e. The van der Waals surface area contributed by atoms with E-state index in [-0.39, 0.29) is 66.7 Å². The molecule has 0 radical (unpaired) electrons. The second-order valence-electron chi connectivity index (χ2n) is 16.6. The molecule has 3 aromatic rings. The molecule has 0 aliphatic carbocycles. The quantitative estimate of drug-likeness (QED) is 0.128. The number of carbonyl (C=O) groups is 4. The zero-order valence-corrected chi connectivity index (χ0v) is 34.7. The summed E-state index contributed by atoms with van der Waals surface area (Å²) in [6.45, 7) is 8.00. The van der Waals surface area contributed by atoms with Gasteiger partial charge in [0.1, 0.15) is 5.75 Å². The highest BCUT2D eigenvalue weighted by Gasteiger charge is 2.66. The minimum Gasteiger partial charge on any atom is -0.497 e. The van der Waals surface area contributed by atoms with Crippen LogP contribution in [0.15, 0.2) is 66.7 Å². The Bertz CT molecular complexity index is 1980. The predicted octanol–water partition coefficient (Wildman–Crippen LogP) is 4.63. The molecule has 4 heterocycles. The van der Waals surface area contributed by atoms with Crippen LogP contribution in [-0.4, -0.2) is 93.9 Å². The molecule has 4 aliphatic heterocycles. The van der Waals surface area contributed by atoms with Gasteiger partial charge in [0.15, 0.2) is 5.60 Å². The average Bonchev–Trinajstić information content (AvgIpc) is 3.92. The number of ether oxygens (including phenoxy) is 3. The van der Waals surface area contributed by atoms with Gasteiger partial charge in [0.2, 0.25) is 11.8 Å². The fourth-order valence-electron chi connectivity index (χ4n) is 9.92. The number of hydrogen-bond donors (Lipinski definition) is 3. The number of anilines is 2. The van der Waals surface area contributed by atoms with E-state index in [0.717, 1.165) is 41.4 Å². The smallest absolute Gasteiger partial charge is 0.305 e. The van der Waals surface area contributed by atoms with Crippen LogP contribution in [0.4, 0.5) is 11.4 Å². The first-order chi connectivity index (χ1) is 27.4. The third kappa shape index (κ3) is 7.62. The molecular formula is C44H56N4O8Si. The predicted molar refractivity (Wildman–Crippen MR) is 220 cm³/mol. The Labute approximate surface area is 336 Å². The summed E-state index contributed by atoms with van der Waals surface area (Å²) < 4.78 is 17.6. The molecular weight excluding hydrogens is 741 g/mol. The fourth-order valence-corrected chi connectivity index (χ4v) is 13.9. The highest BCUT2D eigenvalue weighted by Crippen LogP contribution is 2.60. The Balaban J connectivity index is 1.28. The number of aliphatic hydroxyl groups is 1. The first kappa shape index (κ1) is 40.6. The standard InChI is InChI=1S/C44H56N4O8Si/c1-28-41(57(4,5)34-18-16-33(54-2)17-19-34)38(25-39(50)48-26-30-12-7-6-11-29(30)23-32(48)27-49)56-44(28)35-24-31(46-42(52)36-13-10-21-45-36)15-20-37(35)47(43(44)53)22-9-8-14-40(51)55-3/h6-7,11-12,15-20,24,28,32,36,38,41,45,49H,8-10,13-14,21-23,25-27H2,1-5H3,(H,46,52)/t28-,32-,36+,38+,41-,44+/m0/s1. The van der Waals surface area contributed by atoms with Crippen molar-refractivity contribution < 1.29 is 38.5 Å². The lowest BCUT2D eigenvalue weighted by atomic mass is 9.82. The summed E-state index contributed by atoms with van der Waals surface area (Å²) in [5.74, 6) is -0.383. The van der Waals surface area contributed by atoms with Crippen molar-refractivity contribution in [3.05, 3.63) is 83.4 Å². The Morgan fingerprint density at radius 1 is 1.04 bits per heavy atom. The maximum Gasteiger partial charge on any atom is 0.305 e. The van der Waals surface area contributed by atoms with Crippen LogP contribution in [-0.2, 0) is 47.2 Å². The summed E-state index contributed by atoms with van der Waals surface area (Å²) in [4.78, 5) is 58.7. The number of unbranched alkanes of at least 4 members (excludes halogenated alkanes) is 1. The third-order valence-electron chi connectivity index (χ3n) is 13.0. The molecule has 57 heavy (non-hydrogen) atoms. The van der Waals surface area contributed by atoms with Crippen molar-refractivity contribution in [2.45, 2.75) is 101 Å². The first-order valence-corrected chi connectivity index (χ1v) is 23.4. The van der Waals surface area contributed by atoms with Gasteiger partial charge in [0, 0.05) is 36.7 Å². The molecule has 7 rings (SSSR count). The van der Waals surface area contributed by atoms with Crippen LogP contribution in [0.2, 0.25) is 18.6 Å². The van der Waals surface area contributed by atoms with Gasteiger partial charge in [0.25, 0.3) is 5.91 Å². The normalized spacial score (nSPS) is 25.4. The molecule has 2 fully saturated rings. The fraction of sp³-hybridized carbons (Fsp3) is 0.500. The van der Waals surface area contributed by atoms with Gasteiger partial charge in [-0.15, -0.1) is 0 Å². The Kier molecular flexibility index (Phi) is 11.9. The lowest BCUT2D eigenvalue weighted by molar-refractivity contribution is -0.151. The van der Waals surface area contributed by atoms with Crippen LogP contribution < -0.4 is 25.5 Å². The SMILES string of the molecule is COC(=O)CCCCN1C(=O)[C@]2(O[C@H](CC(=O)N3Cc4ccccc4C[C@H]3CO)[C@@H]([Si](C)(C)c3ccc(OC)cc3)[C@@H]2C)c2cc(NC(=O)[C@H]3CCCN3)ccc21. The summed E-state index contributed by atoms with van der Waals surface area (Å²) in [5, 5.41) is 18.0. The highest BCUT2D eigenvalue weighted by atomic mass is 28.3. The van der Waals surface area contributed by atoms with Crippen LogP contribution in [0.25, 0.3) is 0 Å². The molecule has 6 atom stereocenters. The number of rotatable bonds is 13. The van der Waals surface area contributed by atoms with Gasteiger partial charge in [0.05, 0.1) is 59.2 Å². The number of aliphatic hydroxyl groups excluding tert-OH is 1. The van der Waals surface area contributed by atoms with Crippen molar-refractivity contribution in [2.75, 3.05) is 44.1 Å². The van der Waals surface area contributed by atoms with E-state index in [0.29, 0.717) is 49.3 Å². The van der Waals surface area contributed by atoms with Crippen LogP contribution in [0, 0.1) is 5.92 Å².